The summed E-state index contributed by atoms with van der Waals surface area (Å²) in [5.74, 6) is 1.09. The minimum Gasteiger partial charge on any atom is -0.489 e. The van der Waals surface area contributed by atoms with Crippen LogP contribution in [0.25, 0.3) is 0 Å². The molecule has 0 spiro atoms. The third kappa shape index (κ3) is 2.29. The molecule has 1 aromatic rings. The Balaban J connectivity index is 2.17. The number of hydrogen-bond donors (Lipinski definition) is 0. The number of rotatable bonds is 3. The van der Waals surface area contributed by atoms with E-state index in [1.165, 1.54) is 41.5 Å². The molecule has 1 aliphatic rings. The fourth-order valence-corrected chi connectivity index (χ4v) is 2.29. The molecule has 86 valence electrons. The van der Waals surface area contributed by atoms with Gasteiger partial charge in [0, 0.05) is 0 Å². The van der Waals surface area contributed by atoms with Crippen LogP contribution in [0.3, 0.4) is 0 Å². The molecule has 0 heterocycles. The van der Waals surface area contributed by atoms with Crippen LogP contribution >= 0.6 is 0 Å². The number of ether oxygens (including phenoxy) is 1. The van der Waals surface area contributed by atoms with Crippen LogP contribution in [0.1, 0.15) is 37.0 Å². The fraction of sp³-hybridized carbons (Fsp3) is 0.467. The maximum absolute atomic E-state index is 5.84. The highest BCUT2D eigenvalue weighted by molar-refractivity contribution is 5.47. The SMILES string of the molecule is CC(C)=CCOc1ccc(C)c2c1CCC2. The van der Waals surface area contributed by atoms with Gasteiger partial charge in [0.05, 0.1) is 0 Å². The maximum Gasteiger partial charge on any atom is 0.123 e. The highest BCUT2D eigenvalue weighted by Gasteiger charge is 2.17. The summed E-state index contributed by atoms with van der Waals surface area (Å²) in [6.45, 7) is 7.09. The summed E-state index contributed by atoms with van der Waals surface area (Å²) in [5, 5.41) is 0. The molecule has 1 aliphatic carbocycles. The quantitative estimate of drug-likeness (QED) is 0.698. The molecule has 0 aromatic heterocycles. The second-order valence-electron chi connectivity index (χ2n) is 4.78. The van der Waals surface area contributed by atoms with E-state index < -0.39 is 0 Å². The summed E-state index contributed by atoms with van der Waals surface area (Å²) < 4.78 is 5.84. The Bertz CT molecular complexity index is 412. The van der Waals surface area contributed by atoms with E-state index in [0.29, 0.717) is 6.61 Å². The van der Waals surface area contributed by atoms with E-state index in [-0.39, 0.29) is 0 Å². The topological polar surface area (TPSA) is 9.23 Å². The first-order chi connectivity index (χ1) is 7.68. The lowest BCUT2D eigenvalue weighted by molar-refractivity contribution is 0.358. The molecule has 16 heavy (non-hydrogen) atoms. The van der Waals surface area contributed by atoms with E-state index in [0.717, 1.165) is 5.75 Å². The van der Waals surface area contributed by atoms with Gasteiger partial charge in [-0.25, -0.2) is 0 Å². The predicted molar refractivity (Wildman–Crippen MR) is 68.1 cm³/mol. The molecular formula is C15H20O. The van der Waals surface area contributed by atoms with Gasteiger partial charge >= 0.3 is 0 Å². The number of aryl methyl sites for hydroxylation is 1. The van der Waals surface area contributed by atoms with Crippen LogP contribution in [-0.4, -0.2) is 6.61 Å². The second kappa shape index (κ2) is 4.73. The Morgan fingerprint density at radius 3 is 2.75 bits per heavy atom. The average molecular weight is 216 g/mol. The summed E-state index contributed by atoms with van der Waals surface area (Å²) >= 11 is 0. The van der Waals surface area contributed by atoms with Crippen molar-refractivity contribution < 1.29 is 4.74 Å². The normalized spacial score (nSPS) is 13.4. The van der Waals surface area contributed by atoms with Gasteiger partial charge in [0.2, 0.25) is 0 Å². The highest BCUT2D eigenvalue weighted by atomic mass is 16.5. The van der Waals surface area contributed by atoms with Crippen LogP contribution < -0.4 is 4.74 Å². The van der Waals surface area contributed by atoms with Gasteiger partial charge < -0.3 is 4.74 Å². The highest BCUT2D eigenvalue weighted by Crippen LogP contribution is 2.32. The fourth-order valence-electron chi connectivity index (χ4n) is 2.29. The van der Waals surface area contributed by atoms with Gasteiger partial charge in [-0.15, -0.1) is 0 Å². The molecule has 0 unspecified atom stereocenters. The largest absolute Gasteiger partial charge is 0.489 e. The smallest absolute Gasteiger partial charge is 0.123 e. The molecule has 0 saturated carbocycles. The van der Waals surface area contributed by atoms with Crippen LogP contribution in [0.4, 0.5) is 0 Å². The van der Waals surface area contributed by atoms with Crippen LogP contribution in [0.15, 0.2) is 23.8 Å². The van der Waals surface area contributed by atoms with Crippen LogP contribution in [0, 0.1) is 6.92 Å². The standard InChI is InChI=1S/C15H20O/c1-11(2)9-10-16-15-8-7-12(3)13-5-4-6-14(13)15/h7-9H,4-6,10H2,1-3H3. The Labute approximate surface area is 98.1 Å². The predicted octanol–water partition coefficient (Wildman–Crippen LogP) is 3.83. The van der Waals surface area contributed by atoms with Crippen molar-refractivity contribution in [2.24, 2.45) is 0 Å². The molecule has 0 saturated heterocycles. The molecule has 0 atom stereocenters. The molecule has 0 N–H and O–H groups in total. The van der Waals surface area contributed by atoms with Crippen LogP contribution in [0.2, 0.25) is 0 Å². The first-order valence-electron chi connectivity index (χ1n) is 6.06. The van der Waals surface area contributed by atoms with Crippen molar-refractivity contribution in [3.05, 3.63) is 40.5 Å². The number of hydrogen-bond acceptors (Lipinski definition) is 1. The monoisotopic (exact) mass is 216 g/mol. The van der Waals surface area contributed by atoms with E-state index in [1.807, 2.05) is 0 Å². The minimum absolute atomic E-state index is 0.692. The third-order valence-corrected chi connectivity index (χ3v) is 3.21. The van der Waals surface area contributed by atoms with Crippen molar-refractivity contribution in [1.29, 1.82) is 0 Å². The molecule has 1 heteroatoms. The van der Waals surface area contributed by atoms with Gasteiger partial charge in [0.1, 0.15) is 12.4 Å². The molecule has 1 aromatic carbocycles. The van der Waals surface area contributed by atoms with E-state index >= 15 is 0 Å². The van der Waals surface area contributed by atoms with E-state index in [9.17, 15) is 0 Å². The Morgan fingerprint density at radius 2 is 2.00 bits per heavy atom. The van der Waals surface area contributed by atoms with Gasteiger partial charge in [-0.2, -0.15) is 0 Å². The van der Waals surface area contributed by atoms with Crippen molar-refractivity contribution in [1.82, 2.24) is 0 Å². The molecule has 0 bridgehead atoms. The second-order valence-corrected chi connectivity index (χ2v) is 4.78. The third-order valence-electron chi connectivity index (χ3n) is 3.21. The summed E-state index contributed by atoms with van der Waals surface area (Å²) in [4.78, 5) is 0. The van der Waals surface area contributed by atoms with Gasteiger partial charge in [0.25, 0.3) is 0 Å². The summed E-state index contributed by atoms with van der Waals surface area (Å²) in [6, 6.07) is 4.31. The van der Waals surface area contributed by atoms with E-state index in [1.54, 1.807) is 0 Å². The van der Waals surface area contributed by atoms with Crippen LogP contribution in [-0.2, 0) is 12.8 Å². The zero-order valence-corrected chi connectivity index (χ0v) is 10.5. The van der Waals surface area contributed by atoms with Crippen molar-refractivity contribution >= 4 is 0 Å². The lowest BCUT2D eigenvalue weighted by Crippen LogP contribution is -1.99. The van der Waals surface area contributed by atoms with Crippen LogP contribution in [0.5, 0.6) is 5.75 Å². The van der Waals surface area contributed by atoms with Crippen molar-refractivity contribution in [3.8, 4) is 5.75 Å². The van der Waals surface area contributed by atoms with E-state index in [4.69, 9.17) is 4.74 Å². The number of fused-ring (bicyclic) bond motifs is 1. The van der Waals surface area contributed by atoms with Crippen molar-refractivity contribution in [2.75, 3.05) is 6.61 Å². The minimum atomic E-state index is 0.692. The van der Waals surface area contributed by atoms with Gasteiger partial charge in [0.15, 0.2) is 0 Å². The number of allylic oxidation sites excluding steroid dienone is 1. The van der Waals surface area contributed by atoms with Crippen molar-refractivity contribution in [3.63, 3.8) is 0 Å². The van der Waals surface area contributed by atoms with Gasteiger partial charge in [-0.1, -0.05) is 11.6 Å². The maximum atomic E-state index is 5.84. The molecule has 0 amide bonds. The molecular weight excluding hydrogens is 196 g/mol. The van der Waals surface area contributed by atoms with Gasteiger partial charge in [-0.3, -0.25) is 0 Å². The van der Waals surface area contributed by atoms with Crippen molar-refractivity contribution in [2.45, 2.75) is 40.0 Å². The first-order valence-corrected chi connectivity index (χ1v) is 6.06. The summed E-state index contributed by atoms with van der Waals surface area (Å²) in [5.41, 5.74) is 5.70. The Kier molecular flexibility index (Phi) is 3.33. The molecule has 2 rings (SSSR count). The average Bonchev–Trinajstić information content (AvgIpc) is 2.70. The van der Waals surface area contributed by atoms with E-state index in [2.05, 4.69) is 39.0 Å². The lowest BCUT2D eigenvalue weighted by Gasteiger charge is -2.11. The molecule has 0 radical (unpaired) electrons. The zero-order chi connectivity index (χ0) is 11.5. The summed E-state index contributed by atoms with van der Waals surface area (Å²) in [6.07, 6.45) is 5.81. The van der Waals surface area contributed by atoms with Gasteiger partial charge in [-0.05, 0) is 68.9 Å². The Morgan fingerprint density at radius 1 is 1.25 bits per heavy atom. The Hall–Kier alpha value is -1.24. The molecule has 0 aliphatic heterocycles. The number of benzene rings is 1. The molecule has 1 nitrogen and oxygen atoms in total. The first kappa shape index (κ1) is 11.3. The zero-order valence-electron chi connectivity index (χ0n) is 10.5. The summed E-state index contributed by atoms with van der Waals surface area (Å²) in [7, 11) is 0. The lowest BCUT2D eigenvalue weighted by atomic mass is 10.0. The molecule has 0 fully saturated rings.